The number of benzene rings is 3. The largest absolute Gasteiger partial charge is 0.353 e. The van der Waals surface area contributed by atoms with Gasteiger partial charge in [0.15, 0.2) is 5.82 Å². The van der Waals surface area contributed by atoms with Crippen LogP contribution in [0.25, 0.3) is 11.3 Å². The van der Waals surface area contributed by atoms with Crippen molar-refractivity contribution in [1.29, 1.82) is 0 Å². The number of hydrogen-bond acceptors (Lipinski definition) is 6. The maximum absolute atomic E-state index is 13.3. The van der Waals surface area contributed by atoms with Gasteiger partial charge in [-0.05, 0) is 67.3 Å². The molecule has 4 aromatic rings. The van der Waals surface area contributed by atoms with E-state index in [1.54, 1.807) is 37.5 Å². The van der Waals surface area contributed by atoms with Gasteiger partial charge in [-0.1, -0.05) is 43.7 Å². The van der Waals surface area contributed by atoms with E-state index >= 15 is 0 Å². The van der Waals surface area contributed by atoms with Gasteiger partial charge in [0.05, 0.1) is 12.2 Å². The highest BCUT2D eigenvalue weighted by Gasteiger charge is 2.22. The molecule has 44 heavy (non-hydrogen) atoms. The molecule has 226 valence electrons. The molecule has 1 aliphatic heterocycles. The molecule has 0 aliphatic carbocycles. The molecule has 3 N–H and O–H groups in total. The Labute approximate surface area is 256 Å². The third-order valence-electron chi connectivity index (χ3n) is 7.71. The number of amides is 3. The van der Waals surface area contributed by atoms with Crippen LogP contribution < -0.4 is 21.5 Å². The Kier molecular flexibility index (Phi) is 9.18. The average Bonchev–Trinajstić information content (AvgIpc) is 3.03. The highest BCUT2D eigenvalue weighted by molar-refractivity contribution is 6.06. The minimum absolute atomic E-state index is 0.0299. The molecule has 0 unspecified atom stereocenters. The van der Waals surface area contributed by atoms with E-state index in [0.29, 0.717) is 41.3 Å². The van der Waals surface area contributed by atoms with E-state index in [0.717, 1.165) is 36.0 Å². The summed E-state index contributed by atoms with van der Waals surface area (Å²) in [5.41, 5.74) is 5.20. The fraction of sp³-hybridized carbons (Fsp3) is 0.265. The molecule has 0 saturated carbocycles. The van der Waals surface area contributed by atoms with Crippen LogP contribution in [0.1, 0.15) is 51.6 Å². The molecule has 1 fully saturated rings. The van der Waals surface area contributed by atoms with Crippen LogP contribution >= 0.6 is 0 Å². The number of carbonyl (C=O) groups excluding carboxylic acids is 3. The van der Waals surface area contributed by atoms with E-state index < -0.39 is 0 Å². The molecule has 0 bridgehead atoms. The zero-order valence-electron chi connectivity index (χ0n) is 25.1. The third-order valence-corrected chi connectivity index (χ3v) is 7.71. The Morgan fingerprint density at radius 1 is 1.00 bits per heavy atom. The van der Waals surface area contributed by atoms with Crippen molar-refractivity contribution >= 4 is 34.9 Å². The highest BCUT2D eigenvalue weighted by Crippen LogP contribution is 2.28. The molecule has 0 radical (unpaired) electrons. The van der Waals surface area contributed by atoms with E-state index in [2.05, 4.69) is 27.9 Å². The minimum Gasteiger partial charge on any atom is -0.353 e. The molecule has 2 heterocycles. The summed E-state index contributed by atoms with van der Waals surface area (Å²) in [6.45, 7) is 4.95. The van der Waals surface area contributed by atoms with Gasteiger partial charge in [-0.2, -0.15) is 0 Å². The second-order valence-electron chi connectivity index (χ2n) is 10.9. The smallest absolute Gasteiger partial charge is 0.293 e. The quantitative estimate of drug-likeness (QED) is 0.260. The molecule has 3 aromatic carbocycles. The normalized spacial score (nSPS) is 12.9. The van der Waals surface area contributed by atoms with Crippen molar-refractivity contribution < 1.29 is 14.4 Å². The Balaban J connectivity index is 1.36. The summed E-state index contributed by atoms with van der Waals surface area (Å²) in [6.07, 6.45) is 4.56. The van der Waals surface area contributed by atoms with Gasteiger partial charge in [-0.15, -0.1) is 0 Å². The molecule has 3 amide bonds. The van der Waals surface area contributed by atoms with Gasteiger partial charge in [0.1, 0.15) is 0 Å². The van der Waals surface area contributed by atoms with Gasteiger partial charge >= 0.3 is 0 Å². The zero-order chi connectivity index (χ0) is 31.2. The lowest BCUT2D eigenvalue weighted by molar-refractivity contribution is -0.123. The second kappa shape index (κ2) is 13.4. The lowest BCUT2D eigenvalue weighted by Crippen LogP contribution is -2.49. The summed E-state index contributed by atoms with van der Waals surface area (Å²) < 4.78 is 1.46. The lowest BCUT2D eigenvalue weighted by Gasteiger charge is -2.26. The SMILES string of the molecule is CCCCc1ccccc1C(=O)Nc1cccc(-c2cn(C)c(=O)c(Nc3ccc(C(=O)N4CCNC(=O)C4)cc3)n2)c1C. The van der Waals surface area contributed by atoms with Gasteiger partial charge in [0.25, 0.3) is 17.4 Å². The summed E-state index contributed by atoms with van der Waals surface area (Å²) in [5, 5.41) is 8.86. The van der Waals surface area contributed by atoms with E-state index in [-0.39, 0.29) is 35.6 Å². The van der Waals surface area contributed by atoms with Crippen LogP contribution in [0.3, 0.4) is 0 Å². The number of aromatic nitrogens is 2. The van der Waals surface area contributed by atoms with Crippen molar-refractivity contribution in [2.45, 2.75) is 33.1 Å². The number of aryl methyl sites for hydroxylation is 2. The highest BCUT2D eigenvalue weighted by atomic mass is 16.2. The van der Waals surface area contributed by atoms with Crippen molar-refractivity contribution in [1.82, 2.24) is 19.8 Å². The molecule has 1 aromatic heterocycles. The first-order chi connectivity index (χ1) is 21.2. The zero-order valence-corrected chi connectivity index (χ0v) is 25.1. The summed E-state index contributed by atoms with van der Waals surface area (Å²) in [7, 11) is 1.66. The molecule has 0 spiro atoms. The number of hydrogen-bond donors (Lipinski definition) is 3. The van der Waals surface area contributed by atoms with E-state index in [4.69, 9.17) is 0 Å². The fourth-order valence-corrected chi connectivity index (χ4v) is 5.21. The van der Waals surface area contributed by atoms with Gasteiger partial charge in [0, 0.05) is 54.4 Å². The maximum Gasteiger partial charge on any atom is 0.293 e. The molecule has 1 saturated heterocycles. The summed E-state index contributed by atoms with van der Waals surface area (Å²) in [4.78, 5) is 57.0. The topological polar surface area (TPSA) is 125 Å². The Bertz CT molecular complexity index is 1760. The number of nitrogens with zero attached hydrogens (tertiary/aromatic N) is 3. The molecular weight excluding hydrogens is 556 g/mol. The molecular formula is C34H36N6O4. The fourth-order valence-electron chi connectivity index (χ4n) is 5.21. The molecule has 10 nitrogen and oxygen atoms in total. The Hall–Kier alpha value is -5.25. The monoisotopic (exact) mass is 592 g/mol. The van der Waals surface area contributed by atoms with Crippen molar-refractivity contribution in [3.05, 3.63) is 106 Å². The van der Waals surface area contributed by atoms with E-state index in [1.807, 2.05) is 49.4 Å². The lowest BCUT2D eigenvalue weighted by atomic mass is 10.0. The standard InChI is InChI=1S/C34H36N6O4/c1-4-5-9-23-10-6-7-11-27(23)32(42)38-28-13-8-12-26(22(28)2)29-20-39(3)34(44)31(37-29)36-25-16-14-24(15-17-25)33(43)40-19-18-35-30(41)21-40/h6-8,10-17,20H,4-5,9,18-19,21H2,1-3H3,(H,35,41)(H,36,37)(H,38,42). The Morgan fingerprint density at radius 2 is 1.77 bits per heavy atom. The number of rotatable bonds is 9. The van der Waals surface area contributed by atoms with Gasteiger partial charge < -0.3 is 25.4 Å². The second-order valence-corrected chi connectivity index (χ2v) is 10.9. The molecule has 10 heteroatoms. The predicted molar refractivity (Wildman–Crippen MR) is 171 cm³/mol. The third kappa shape index (κ3) is 6.70. The van der Waals surface area contributed by atoms with Gasteiger partial charge in [-0.25, -0.2) is 4.98 Å². The van der Waals surface area contributed by atoms with Crippen LogP contribution in [0.4, 0.5) is 17.2 Å². The summed E-state index contributed by atoms with van der Waals surface area (Å²) >= 11 is 0. The number of nitrogens with one attached hydrogen (secondary N) is 3. The van der Waals surface area contributed by atoms with Gasteiger partial charge in [-0.3, -0.25) is 19.2 Å². The number of carbonyl (C=O) groups is 3. The number of unbranched alkanes of at least 4 members (excludes halogenated alkanes) is 1. The first kappa shape index (κ1) is 30.2. The van der Waals surface area contributed by atoms with Crippen LogP contribution in [-0.2, 0) is 18.3 Å². The average molecular weight is 593 g/mol. The van der Waals surface area contributed by atoms with Crippen LogP contribution in [0, 0.1) is 6.92 Å². The molecule has 1 aliphatic rings. The minimum atomic E-state index is -0.320. The van der Waals surface area contributed by atoms with Crippen molar-refractivity contribution in [3.63, 3.8) is 0 Å². The maximum atomic E-state index is 13.3. The van der Waals surface area contributed by atoms with Gasteiger partial charge in [0.2, 0.25) is 5.91 Å². The predicted octanol–water partition coefficient (Wildman–Crippen LogP) is 4.67. The van der Waals surface area contributed by atoms with Crippen LogP contribution in [0.5, 0.6) is 0 Å². The first-order valence-corrected chi connectivity index (χ1v) is 14.7. The molecule has 5 rings (SSSR count). The van der Waals surface area contributed by atoms with Crippen molar-refractivity contribution in [2.24, 2.45) is 7.05 Å². The Morgan fingerprint density at radius 3 is 2.52 bits per heavy atom. The van der Waals surface area contributed by atoms with Crippen LogP contribution in [-0.4, -0.2) is 51.8 Å². The van der Waals surface area contributed by atoms with Crippen LogP contribution in [0.2, 0.25) is 0 Å². The van der Waals surface area contributed by atoms with E-state index in [1.165, 1.54) is 9.47 Å². The first-order valence-electron chi connectivity index (χ1n) is 14.7. The molecule has 0 atom stereocenters. The number of piperazine rings is 1. The summed E-state index contributed by atoms with van der Waals surface area (Å²) in [5.74, 6) is -0.455. The van der Waals surface area contributed by atoms with Crippen molar-refractivity contribution in [2.75, 3.05) is 30.3 Å². The van der Waals surface area contributed by atoms with E-state index in [9.17, 15) is 19.2 Å². The van der Waals surface area contributed by atoms with Crippen LogP contribution in [0.15, 0.2) is 77.7 Å². The summed E-state index contributed by atoms with van der Waals surface area (Å²) in [6, 6.07) is 20.0. The number of anilines is 3. The van der Waals surface area contributed by atoms with Crippen molar-refractivity contribution in [3.8, 4) is 11.3 Å².